The Labute approximate surface area is 149 Å². The summed E-state index contributed by atoms with van der Waals surface area (Å²) in [6, 6.07) is 8.80. The van der Waals surface area contributed by atoms with Crippen molar-refractivity contribution in [3.05, 3.63) is 65.6 Å². The van der Waals surface area contributed by atoms with Crippen molar-refractivity contribution in [3.8, 4) is 11.4 Å². The third kappa shape index (κ3) is 3.46. The smallest absolute Gasteiger partial charge is 0.252 e. The molecule has 1 aromatic carbocycles. The summed E-state index contributed by atoms with van der Waals surface area (Å²) in [5.41, 5.74) is 2.11. The van der Waals surface area contributed by atoms with Crippen molar-refractivity contribution in [1.29, 1.82) is 0 Å². The highest BCUT2D eigenvalue weighted by Gasteiger charge is 2.25. The van der Waals surface area contributed by atoms with Crippen LogP contribution in [-0.4, -0.2) is 21.0 Å². The Morgan fingerprint density at radius 1 is 1.31 bits per heavy atom. The largest absolute Gasteiger partial charge is 0.341 e. The van der Waals surface area contributed by atoms with Crippen LogP contribution in [0, 0.1) is 5.82 Å². The molecule has 1 amide bonds. The SMILES string of the molecule is C[C@H](NC(=O)c1cccc(F)c1)c1nc(-c2ccnc(C3CC3)c2)no1. The molecule has 1 aliphatic rings. The number of carbonyl (C=O) groups excluding carboxylic acids is 1. The van der Waals surface area contributed by atoms with Crippen LogP contribution >= 0.6 is 0 Å². The maximum atomic E-state index is 13.2. The average Bonchev–Trinajstić information content (AvgIpc) is 3.38. The molecule has 0 spiro atoms. The fraction of sp³-hybridized carbons (Fsp3) is 0.263. The van der Waals surface area contributed by atoms with Gasteiger partial charge in [0.2, 0.25) is 11.7 Å². The van der Waals surface area contributed by atoms with Crippen molar-refractivity contribution in [3.63, 3.8) is 0 Å². The molecule has 2 heterocycles. The van der Waals surface area contributed by atoms with Gasteiger partial charge in [0, 0.05) is 28.9 Å². The van der Waals surface area contributed by atoms with E-state index in [-0.39, 0.29) is 11.5 Å². The standard InChI is InChI=1S/C19H17FN4O2/c1-11(22-18(25)14-3-2-4-15(20)9-14)19-23-17(24-26-19)13-7-8-21-16(10-13)12-5-6-12/h2-4,7-12H,5-6H2,1H3,(H,22,25)/t11-/m0/s1. The highest BCUT2D eigenvalue weighted by molar-refractivity contribution is 5.94. The minimum atomic E-state index is -0.503. The molecule has 1 atom stereocenters. The number of amides is 1. The van der Waals surface area contributed by atoms with Crippen molar-refractivity contribution in [1.82, 2.24) is 20.4 Å². The third-order valence-electron chi connectivity index (χ3n) is 4.28. The zero-order chi connectivity index (χ0) is 18.1. The van der Waals surface area contributed by atoms with Crippen molar-refractivity contribution in [2.75, 3.05) is 0 Å². The predicted molar refractivity (Wildman–Crippen MR) is 91.8 cm³/mol. The molecule has 26 heavy (non-hydrogen) atoms. The fourth-order valence-corrected chi connectivity index (χ4v) is 2.69. The number of nitrogens with zero attached hydrogens (tertiary/aromatic N) is 3. The topological polar surface area (TPSA) is 80.9 Å². The summed E-state index contributed by atoms with van der Waals surface area (Å²) in [6.07, 6.45) is 4.07. The molecule has 0 aliphatic heterocycles. The lowest BCUT2D eigenvalue weighted by molar-refractivity contribution is 0.0932. The summed E-state index contributed by atoms with van der Waals surface area (Å²) >= 11 is 0. The van der Waals surface area contributed by atoms with E-state index in [1.54, 1.807) is 19.2 Å². The number of benzene rings is 1. The normalized spacial score (nSPS) is 14.8. The Morgan fingerprint density at radius 2 is 2.15 bits per heavy atom. The third-order valence-corrected chi connectivity index (χ3v) is 4.28. The molecule has 1 saturated carbocycles. The molecule has 3 aromatic rings. The van der Waals surface area contributed by atoms with Gasteiger partial charge >= 0.3 is 0 Å². The number of pyridine rings is 1. The second-order valence-corrected chi connectivity index (χ2v) is 6.41. The zero-order valence-corrected chi connectivity index (χ0v) is 14.1. The van der Waals surface area contributed by atoms with E-state index in [0.29, 0.717) is 11.7 Å². The molecular formula is C19H17FN4O2. The highest BCUT2D eigenvalue weighted by Crippen LogP contribution is 2.39. The van der Waals surface area contributed by atoms with Gasteiger partial charge in [0.15, 0.2) is 0 Å². The van der Waals surface area contributed by atoms with Crippen molar-refractivity contribution in [2.45, 2.75) is 31.7 Å². The second-order valence-electron chi connectivity index (χ2n) is 6.41. The molecule has 1 aliphatic carbocycles. The van der Waals surface area contributed by atoms with Crippen molar-refractivity contribution in [2.24, 2.45) is 0 Å². The molecule has 0 unspecified atom stereocenters. The van der Waals surface area contributed by atoms with Crippen LogP contribution in [0.5, 0.6) is 0 Å². The first kappa shape index (κ1) is 16.4. The van der Waals surface area contributed by atoms with E-state index in [9.17, 15) is 9.18 Å². The number of aromatic nitrogens is 3. The van der Waals surface area contributed by atoms with E-state index in [1.165, 1.54) is 18.2 Å². The summed E-state index contributed by atoms with van der Waals surface area (Å²) in [7, 11) is 0. The first-order valence-corrected chi connectivity index (χ1v) is 8.46. The lowest BCUT2D eigenvalue weighted by Crippen LogP contribution is -2.26. The van der Waals surface area contributed by atoms with Gasteiger partial charge in [0.25, 0.3) is 5.91 Å². The van der Waals surface area contributed by atoms with Crippen LogP contribution in [0.25, 0.3) is 11.4 Å². The summed E-state index contributed by atoms with van der Waals surface area (Å²) in [4.78, 5) is 21.0. The van der Waals surface area contributed by atoms with E-state index in [0.717, 1.165) is 24.1 Å². The quantitative estimate of drug-likeness (QED) is 0.758. The molecule has 2 aromatic heterocycles. The number of rotatable bonds is 5. The lowest BCUT2D eigenvalue weighted by atomic mass is 10.1. The maximum Gasteiger partial charge on any atom is 0.252 e. The van der Waals surface area contributed by atoms with Gasteiger partial charge in [-0.15, -0.1) is 0 Å². The molecule has 4 rings (SSSR count). The minimum Gasteiger partial charge on any atom is -0.341 e. The van der Waals surface area contributed by atoms with Crippen LogP contribution in [0.2, 0.25) is 0 Å². The molecule has 0 radical (unpaired) electrons. The Hall–Kier alpha value is -3.09. The number of nitrogens with one attached hydrogen (secondary N) is 1. The summed E-state index contributed by atoms with van der Waals surface area (Å²) < 4.78 is 18.5. The van der Waals surface area contributed by atoms with E-state index >= 15 is 0 Å². The first-order valence-electron chi connectivity index (χ1n) is 8.46. The van der Waals surface area contributed by atoms with Gasteiger partial charge in [-0.2, -0.15) is 4.98 Å². The van der Waals surface area contributed by atoms with E-state index in [1.807, 2.05) is 12.1 Å². The fourth-order valence-electron chi connectivity index (χ4n) is 2.69. The maximum absolute atomic E-state index is 13.2. The number of halogens is 1. The zero-order valence-electron chi connectivity index (χ0n) is 14.1. The Kier molecular flexibility index (Phi) is 4.20. The Bertz CT molecular complexity index is 952. The summed E-state index contributed by atoms with van der Waals surface area (Å²) in [5.74, 6) is 0.405. The van der Waals surface area contributed by atoms with Crippen LogP contribution in [0.15, 0.2) is 47.1 Å². The van der Waals surface area contributed by atoms with Crippen LogP contribution < -0.4 is 5.32 Å². The monoisotopic (exact) mass is 352 g/mol. The van der Waals surface area contributed by atoms with Crippen LogP contribution in [0.3, 0.4) is 0 Å². The molecular weight excluding hydrogens is 335 g/mol. The van der Waals surface area contributed by atoms with Gasteiger partial charge in [-0.25, -0.2) is 4.39 Å². The van der Waals surface area contributed by atoms with Crippen LogP contribution in [-0.2, 0) is 0 Å². The first-order chi connectivity index (χ1) is 12.6. The molecule has 0 bridgehead atoms. The van der Waals surface area contributed by atoms with Gasteiger partial charge < -0.3 is 9.84 Å². The van der Waals surface area contributed by atoms with Gasteiger partial charge in [-0.05, 0) is 50.1 Å². The molecule has 1 fully saturated rings. The van der Waals surface area contributed by atoms with Gasteiger partial charge in [-0.3, -0.25) is 9.78 Å². The minimum absolute atomic E-state index is 0.236. The molecule has 0 saturated heterocycles. The van der Waals surface area contributed by atoms with E-state index in [4.69, 9.17) is 4.52 Å². The highest BCUT2D eigenvalue weighted by atomic mass is 19.1. The van der Waals surface area contributed by atoms with Crippen molar-refractivity contribution >= 4 is 5.91 Å². The van der Waals surface area contributed by atoms with Gasteiger partial charge in [0.1, 0.15) is 11.9 Å². The Balaban J connectivity index is 1.48. The van der Waals surface area contributed by atoms with Gasteiger partial charge in [0.05, 0.1) is 0 Å². The lowest BCUT2D eigenvalue weighted by Gasteiger charge is -2.09. The number of hydrogen-bond acceptors (Lipinski definition) is 5. The van der Waals surface area contributed by atoms with Crippen LogP contribution in [0.4, 0.5) is 4.39 Å². The van der Waals surface area contributed by atoms with Crippen molar-refractivity contribution < 1.29 is 13.7 Å². The molecule has 7 heteroatoms. The molecule has 132 valence electrons. The van der Waals surface area contributed by atoms with E-state index in [2.05, 4.69) is 20.4 Å². The van der Waals surface area contributed by atoms with E-state index < -0.39 is 17.8 Å². The van der Waals surface area contributed by atoms with Gasteiger partial charge in [-0.1, -0.05) is 11.2 Å². The number of carbonyl (C=O) groups is 1. The molecule has 1 N–H and O–H groups in total. The average molecular weight is 352 g/mol. The molecule has 6 nitrogen and oxygen atoms in total. The summed E-state index contributed by atoms with van der Waals surface area (Å²) in [6.45, 7) is 1.73. The summed E-state index contributed by atoms with van der Waals surface area (Å²) in [5, 5.41) is 6.73. The Morgan fingerprint density at radius 3 is 2.92 bits per heavy atom. The second kappa shape index (κ2) is 6.67. The number of hydrogen-bond donors (Lipinski definition) is 1. The predicted octanol–water partition coefficient (Wildman–Crippen LogP) is 3.64. The van der Waals surface area contributed by atoms with Crippen LogP contribution in [0.1, 0.15) is 53.7 Å².